The van der Waals surface area contributed by atoms with E-state index in [2.05, 4.69) is 11.8 Å². The Hall–Kier alpha value is -1.00. The number of rotatable bonds is 3. The molecule has 1 fully saturated rings. The van der Waals surface area contributed by atoms with Gasteiger partial charge >= 0.3 is 0 Å². The fourth-order valence-corrected chi connectivity index (χ4v) is 2.56. The van der Waals surface area contributed by atoms with Crippen LogP contribution in [0.5, 0.6) is 0 Å². The molecule has 0 amide bonds. The number of nitrogens with two attached hydrogens (primary N) is 1. The van der Waals surface area contributed by atoms with Crippen LogP contribution in [0.25, 0.3) is 0 Å². The predicted octanol–water partition coefficient (Wildman–Crippen LogP) is 2.52. The molecule has 2 atom stereocenters. The zero-order valence-electron chi connectivity index (χ0n) is 10.7. The van der Waals surface area contributed by atoms with Crippen molar-refractivity contribution in [1.82, 2.24) is 4.90 Å². The highest BCUT2D eigenvalue weighted by Gasteiger charge is 2.26. The van der Waals surface area contributed by atoms with Crippen molar-refractivity contribution in [1.29, 1.82) is 0 Å². The Bertz CT molecular complexity index is 389. The largest absolute Gasteiger partial charge is 0.330 e. The molecule has 18 heavy (non-hydrogen) atoms. The number of likely N-dealkylation sites (tertiary alicyclic amines) is 1. The summed E-state index contributed by atoms with van der Waals surface area (Å²) in [7, 11) is 0. The SMILES string of the molecule is CC1CCC(CN)CN1Cc1c(F)cccc1F. The van der Waals surface area contributed by atoms with E-state index in [4.69, 9.17) is 5.73 Å². The summed E-state index contributed by atoms with van der Waals surface area (Å²) in [5, 5.41) is 0. The van der Waals surface area contributed by atoms with Gasteiger partial charge in [0.25, 0.3) is 0 Å². The van der Waals surface area contributed by atoms with Crippen LogP contribution in [0.1, 0.15) is 25.3 Å². The van der Waals surface area contributed by atoms with Crippen LogP contribution >= 0.6 is 0 Å². The van der Waals surface area contributed by atoms with E-state index < -0.39 is 11.6 Å². The van der Waals surface area contributed by atoms with Crippen molar-refractivity contribution >= 4 is 0 Å². The highest BCUT2D eigenvalue weighted by molar-refractivity contribution is 5.19. The Balaban J connectivity index is 2.12. The molecule has 0 spiro atoms. The lowest BCUT2D eigenvalue weighted by molar-refractivity contribution is 0.110. The van der Waals surface area contributed by atoms with E-state index >= 15 is 0 Å². The quantitative estimate of drug-likeness (QED) is 0.898. The lowest BCUT2D eigenvalue weighted by atomic mass is 9.93. The van der Waals surface area contributed by atoms with Gasteiger partial charge in [-0.2, -0.15) is 0 Å². The van der Waals surface area contributed by atoms with Gasteiger partial charge in [0.2, 0.25) is 0 Å². The second kappa shape index (κ2) is 5.76. The van der Waals surface area contributed by atoms with E-state index in [1.54, 1.807) is 0 Å². The van der Waals surface area contributed by atoms with E-state index in [0.29, 0.717) is 25.0 Å². The molecule has 100 valence electrons. The first-order valence-electron chi connectivity index (χ1n) is 6.48. The van der Waals surface area contributed by atoms with E-state index in [-0.39, 0.29) is 5.56 Å². The van der Waals surface area contributed by atoms with Crippen LogP contribution < -0.4 is 5.73 Å². The van der Waals surface area contributed by atoms with E-state index in [1.807, 2.05) is 0 Å². The Labute approximate surface area is 107 Å². The molecule has 0 saturated carbocycles. The molecule has 1 saturated heterocycles. The summed E-state index contributed by atoms with van der Waals surface area (Å²) in [5.74, 6) is -0.481. The van der Waals surface area contributed by atoms with Gasteiger partial charge in [-0.05, 0) is 44.4 Å². The topological polar surface area (TPSA) is 29.3 Å². The standard InChI is InChI=1S/C14H20F2N2/c1-10-5-6-11(7-17)8-18(10)9-12-13(15)3-2-4-14(12)16/h2-4,10-11H,5-9,17H2,1H3. The molecule has 0 aliphatic carbocycles. The zero-order valence-corrected chi connectivity index (χ0v) is 10.7. The first kappa shape index (κ1) is 13.4. The maximum atomic E-state index is 13.6. The lowest BCUT2D eigenvalue weighted by Gasteiger charge is -2.37. The van der Waals surface area contributed by atoms with Gasteiger partial charge in [-0.15, -0.1) is 0 Å². The van der Waals surface area contributed by atoms with Gasteiger partial charge in [0.15, 0.2) is 0 Å². The van der Waals surface area contributed by atoms with Crippen LogP contribution in [0.15, 0.2) is 18.2 Å². The molecule has 0 bridgehead atoms. The molecule has 2 unspecified atom stereocenters. The van der Waals surface area contributed by atoms with Gasteiger partial charge in [-0.1, -0.05) is 6.07 Å². The summed E-state index contributed by atoms with van der Waals surface area (Å²) in [5.41, 5.74) is 5.86. The number of hydrogen-bond acceptors (Lipinski definition) is 2. The monoisotopic (exact) mass is 254 g/mol. The summed E-state index contributed by atoms with van der Waals surface area (Å²) in [6, 6.07) is 4.38. The minimum absolute atomic E-state index is 0.169. The van der Waals surface area contributed by atoms with Gasteiger partial charge in [0.1, 0.15) is 11.6 Å². The number of benzene rings is 1. The molecule has 1 aromatic rings. The molecule has 2 N–H and O–H groups in total. The van der Waals surface area contributed by atoms with E-state index in [0.717, 1.165) is 19.4 Å². The van der Waals surface area contributed by atoms with Crippen LogP contribution in [-0.4, -0.2) is 24.0 Å². The molecule has 1 aliphatic rings. The van der Waals surface area contributed by atoms with Gasteiger partial charge in [-0.3, -0.25) is 4.90 Å². The molecule has 2 nitrogen and oxygen atoms in total. The molecule has 4 heteroatoms. The Morgan fingerprint density at radius 3 is 2.56 bits per heavy atom. The number of halogens is 2. The fraction of sp³-hybridized carbons (Fsp3) is 0.571. The van der Waals surface area contributed by atoms with Gasteiger partial charge < -0.3 is 5.73 Å². The summed E-state index contributed by atoms with van der Waals surface area (Å²) in [4.78, 5) is 2.13. The Morgan fingerprint density at radius 2 is 1.94 bits per heavy atom. The first-order valence-corrected chi connectivity index (χ1v) is 6.48. The van der Waals surface area contributed by atoms with Crippen molar-refractivity contribution in [2.45, 2.75) is 32.4 Å². The third-order valence-corrected chi connectivity index (χ3v) is 3.86. The summed E-state index contributed by atoms with van der Waals surface area (Å²) < 4.78 is 27.2. The minimum Gasteiger partial charge on any atom is -0.330 e. The third-order valence-electron chi connectivity index (χ3n) is 3.86. The van der Waals surface area contributed by atoms with Crippen LogP contribution in [0.4, 0.5) is 8.78 Å². The minimum atomic E-state index is -0.461. The fourth-order valence-electron chi connectivity index (χ4n) is 2.56. The van der Waals surface area contributed by atoms with Gasteiger partial charge in [0, 0.05) is 24.7 Å². The summed E-state index contributed by atoms with van der Waals surface area (Å²) in [6.45, 7) is 3.90. The van der Waals surface area contributed by atoms with Crippen molar-refractivity contribution in [2.75, 3.05) is 13.1 Å². The first-order chi connectivity index (χ1) is 8.61. The normalized spacial score (nSPS) is 25.3. The molecular formula is C14H20F2N2. The van der Waals surface area contributed by atoms with Crippen molar-refractivity contribution in [3.8, 4) is 0 Å². The van der Waals surface area contributed by atoms with E-state index in [9.17, 15) is 8.78 Å². The third kappa shape index (κ3) is 2.87. The maximum absolute atomic E-state index is 13.6. The van der Waals surface area contributed by atoms with Crippen molar-refractivity contribution < 1.29 is 8.78 Å². The maximum Gasteiger partial charge on any atom is 0.130 e. The molecule has 1 aromatic carbocycles. The summed E-state index contributed by atoms with van der Waals surface area (Å²) in [6.07, 6.45) is 2.14. The predicted molar refractivity (Wildman–Crippen MR) is 68.0 cm³/mol. The van der Waals surface area contributed by atoms with Crippen LogP contribution in [0.2, 0.25) is 0 Å². The van der Waals surface area contributed by atoms with Crippen molar-refractivity contribution in [3.63, 3.8) is 0 Å². The number of hydrogen-bond donors (Lipinski definition) is 1. The van der Waals surface area contributed by atoms with Gasteiger partial charge in [-0.25, -0.2) is 8.78 Å². The second-order valence-electron chi connectivity index (χ2n) is 5.16. The molecule has 1 aliphatic heterocycles. The van der Waals surface area contributed by atoms with Crippen LogP contribution in [0.3, 0.4) is 0 Å². The van der Waals surface area contributed by atoms with Crippen LogP contribution in [-0.2, 0) is 6.54 Å². The molecule has 2 rings (SSSR count). The number of piperidine rings is 1. The lowest BCUT2D eigenvalue weighted by Crippen LogP contribution is -2.43. The molecule has 0 radical (unpaired) electrons. The zero-order chi connectivity index (χ0) is 13.1. The highest BCUT2D eigenvalue weighted by atomic mass is 19.1. The van der Waals surface area contributed by atoms with Crippen molar-refractivity contribution in [3.05, 3.63) is 35.4 Å². The van der Waals surface area contributed by atoms with Crippen LogP contribution in [0, 0.1) is 17.6 Å². The second-order valence-corrected chi connectivity index (χ2v) is 5.16. The average Bonchev–Trinajstić information content (AvgIpc) is 2.36. The molecular weight excluding hydrogens is 234 g/mol. The smallest absolute Gasteiger partial charge is 0.130 e. The average molecular weight is 254 g/mol. The summed E-state index contributed by atoms with van der Waals surface area (Å²) >= 11 is 0. The Morgan fingerprint density at radius 1 is 1.28 bits per heavy atom. The van der Waals surface area contributed by atoms with Crippen molar-refractivity contribution in [2.24, 2.45) is 11.7 Å². The number of nitrogens with zero attached hydrogens (tertiary/aromatic N) is 1. The van der Waals surface area contributed by atoms with Gasteiger partial charge in [0.05, 0.1) is 0 Å². The highest BCUT2D eigenvalue weighted by Crippen LogP contribution is 2.24. The molecule has 1 heterocycles. The molecule has 0 aromatic heterocycles. The Kier molecular flexibility index (Phi) is 4.30. The van der Waals surface area contributed by atoms with E-state index in [1.165, 1.54) is 18.2 Å².